The maximum absolute atomic E-state index is 13.3. The predicted octanol–water partition coefficient (Wildman–Crippen LogP) is 5.56. The Morgan fingerprint density at radius 3 is 2.19 bits per heavy atom. The van der Waals surface area contributed by atoms with E-state index >= 15 is 0 Å². The molecular formula is C28H40N2O2. The van der Waals surface area contributed by atoms with Crippen molar-refractivity contribution in [3.8, 4) is 0 Å². The molecule has 0 bridgehead atoms. The van der Waals surface area contributed by atoms with Gasteiger partial charge in [-0.25, -0.2) is 0 Å². The fourth-order valence-electron chi connectivity index (χ4n) is 3.59. The smallest absolute Gasteiger partial charge is 0.242 e. The molecule has 0 aromatic heterocycles. The molecule has 2 amide bonds. The molecule has 0 unspecified atom stereocenters. The zero-order valence-corrected chi connectivity index (χ0v) is 20.9. The summed E-state index contributed by atoms with van der Waals surface area (Å²) in [5.74, 6) is -0.101. The van der Waals surface area contributed by atoms with Crippen molar-refractivity contribution in [1.82, 2.24) is 10.2 Å². The van der Waals surface area contributed by atoms with E-state index in [0.717, 1.165) is 23.1 Å². The number of rotatable bonds is 9. The molecule has 0 aliphatic carbocycles. The number of hydrogen-bond donors (Lipinski definition) is 1. The molecule has 0 aliphatic heterocycles. The quantitative estimate of drug-likeness (QED) is 0.560. The van der Waals surface area contributed by atoms with Gasteiger partial charge in [-0.05, 0) is 61.3 Å². The van der Waals surface area contributed by atoms with Crippen molar-refractivity contribution in [2.75, 3.05) is 0 Å². The second-order valence-corrected chi connectivity index (χ2v) is 9.89. The highest BCUT2D eigenvalue weighted by molar-refractivity contribution is 5.87. The highest BCUT2D eigenvalue weighted by Gasteiger charge is 2.27. The lowest BCUT2D eigenvalue weighted by Crippen LogP contribution is -2.49. The van der Waals surface area contributed by atoms with E-state index in [9.17, 15) is 9.59 Å². The van der Waals surface area contributed by atoms with E-state index in [2.05, 4.69) is 50.4 Å². The molecule has 2 aromatic carbocycles. The number of aryl methyl sites for hydroxylation is 2. The Kier molecular flexibility index (Phi) is 9.06. The van der Waals surface area contributed by atoms with Crippen molar-refractivity contribution in [3.63, 3.8) is 0 Å². The van der Waals surface area contributed by atoms with Gasteiger partial charge < -0.3 is 10.2 Å². The van der Waals surface area contributed by atoms with Crippen LogP contribution >= 0.6 is 0 Å². The lowest BCUT2D eigenvalue weighted by Gasteiger charge is -2.30. The minimum Gasteiger partial charge on any atom is -0.352 e. The highest BCUT2D eigenvalue weighted by Crippen LogP contribution is 2.23. The molecule has 0 heterocycles. The Hall–Kier alpha value is -2.62. The molecule has 32 heavy (non-hydrogen) atoms. The zero-order valence-electron chi connectivity index (χ0n) is 20.9. The van der Waals surface area contributed by atoms with Crippen LogP contribution in [0.3, 0.4) is 0 Å². The molecular weight excluding hydrogens is 396 g/mol. The van der Waals surface area contributed by atoms with Crippen LogP contribution in [0.4, 0.5) is 0 Å². The number of carbonyl (C=O) groups excluding carboxylic acids is 2. The number of nitrogens with one attached hydrogen (secondary N) is 1. The number of amides is 2. The van der Waals surface area contributed by atoms with Crippen molar-refractivity contribution >= 4 is 11.8 Å². The van der Waals surface area contributed by atoms with E-state index in [0.29, 0.717) is 19.4 Å². The fourth-order valence-corrected chi connectivity index (χ4v) is 3.59. The number of nitrogens with zero attached hydrogens (tertiary/aromatic N) is 1. The second-order valence-electron chi connectivity index (χ2n) is 9.89. The topological polar surface area (TPSA) is 49.4 Å². The molecule has 2 rings (SSSR count). The van der Waals surface area contributed by atoms with Crippen LogP contribution in [-0.2, 0) is 28.0 Å². The van der Waals surface area contributed by atoms with Gasteiger partial charge in [0.25, 0.3) is 0 Å². The van der Waals surface area contributed by atoms with Gasteiger partial charge in [-0.15, -0.1) is 0 Å². The van der Waals surface area contributed by atoms with Crippen molar-refractivity contribution in [3.05, 3.63) is 70.8 Å². The molecule has 174 valence electrons. The third-order valence-corrected chi connectivity index (χ3v) is 6.22. The maximum Gasteiger partial charge on any atom is 0.242 e. The van der Waals surface area contributed by atoms with E-state index < -0.39 is 6.04 Å². The summed E-state index contributed by atoms with van der Waals surface area (Å²) in [6.07, 6.45) is 1.89. The summed E-state index contributed by atoms with van der Waals surface area (Å²) < 4.78 is 0. The highest BCUT2D eigenvalue weighted by atomic mass is 16.2. The van der Waals surface area contributed by atoms with Gasteiger partial charge in [0.1, 0.15) is 6.04 Å². The largest absolute Gasteiger partial charge is 0.352 e. The summed E-state index contributed by atoms with van der Waals surface area (Å²) in [5, 5.41) is 3.03. The Morgan fingerprint density at radius 1 is 1.00 bits per heavy atom. The minimum absolute atomic E-state index is 0.0000440. The molecule has 4 heteroatoms. The molecule has 4 nitrogen and oxygen atoms in total. The van der Waals surface area contributed by atoms with Gasteiger partial charge in [-0.3, -0.25) is 9.59 Å². The van der Waals surface area contributed by atoms with Gasteiger partial charge in [0.2, 0.25) is 11.8 Å². The van der Waals surface area contributed by atoms with E-state index in [4.69, 9.17) is 0 Å². The van der Waals surface area contributed by atoms with Crippen molar-refractivity contribution in [2.45, 2.75) is 91.8 Å². The summed E-state index contributed by atoms with van der Waals surface area (Å²) >= 11 is 0. The Balaban J connectivity index is 2.15. The molecule has 0 radical (unpaired) electrons. The lowest BCUT2D eigenvalue weighted by atomic mass is 9.86. The summed E-state index contributed by atoms with van der Waals surface area (Å²) in [5.41, 5.74) is 4.72. The Morgan fingerprint density at radius 2 is 1.62 bits per heavy atom. The second kappa shape index (κ2) is 11.3. The van der Waals surface area contributed by atoms with Crippen LogP contribution in [0.15, 0.2) is 48.5 Å². The molecule has 2 atom stereocenters. The van der Waals surface area contributed by atoms with Crippen LogP contribution in [-0.4, -0.2) is 28.8 Å². The molecule has 0 saturated heterocycles. The van der Waals surface area contributed by atoms with Crippen molar-refractivity contribution < 1.29 is 9.59 Å². The average molecular weight is 437 g/mol. The number of hydrogen-bond acceptors (Lipinski definition) is 2. The van der Waals surface area contributed by atoms with Crippen LogP contribution in [0.2, 0.25) is 0 Å². The maximum atomic E-state index is 13.3. The van der Waals surface area contributed by atoms with Gasteiger partial charge >= 0.3 is 0 Å². The van der Waals surface area contributed by atoms with Gasteiger partial charge in [0.15, 0.2) is 0 Å². The molecule has 0 spiro atoms. The van der Waals surface area contributed by atoms with E-state index in [1.807, 2.05) is 52.0 Å². The molecule has 0 aliphatic rings. The first kappa shape index (κ1) is 25.6. The normalized spacial score (nSPS) is 13.3. The molecule has 2 aromatic rings. The van der Waals surface area contributed by atoms with E-state index in [1.54, 1.807) is 4.90 Å². The predicted molar refractivity (Wildman–Crippen MR) is 133 cm³/mol. The zero-order chi connectivity index (χ0) is 23.9. The Bertz CT molecular complexity index is 896. The third-order valence-electron chi connectivity index (χ3n) is 6.22. The fraction of sp³-hybridized carbons (Fsp3) is 0.500. The summed E-state index contributed by atoms with van der Waals surface area (Å²) in [6.45, 7) is 14.9. The number of benzene rings is 2. The van der Waals surface area contributed by atoms with Crippen LogP contribution in [0.25, 0.3) is 0 Å². The summed E-state index contributed by atoms with van der Waals surface area (Å²) in [4.78, 5) is 27.9. The van der Waals surface area contributed by atoms with Gasteiger partial charge in [0.05, 0.1) is 0 Å². The SMILES string of the molecule is CC[C@H](C)NC(=O)[C@@H](C)N(Cc1ccccc1C)C(=O)CCc1ccc(C(C)(C)C)cc1. The monoisotopic (exact) mass is 436 g/mol. The molecule has 1 N–H and O–H groups in total. The van der Waals surface area contributed by atoms with Crippen LogP contribution in [0.5, 0.6) is 0 Å². The van der Waals surface area contributed by atoms with E-state index in [1.165, 1.54) is 5.56 Å². The molecule has 0 saturated carbocycles. The molecule has 0 fully saturated rings. The third kappa shape index (κ3) is 7.22. The Labute approximate surface area is 194 Å². The standard InChI is InChI=1S/C28H40N2O2/c1-8-21(3)29-27(32)22(4)30(19-24-12-10-9-11-20(24)2)26(31)18-15-23-13-16-25(17-14-23)28(5,6)7/h9-14,16-17,21-22H,8,15,18-19H2,1-7H3,(H,29,32)/t21-,22+/m0/s1. The van der Waals surface area contributed by atoms with Crippen LogP contribution < -0.4 is 5.32 Å². The van der Waals surface area contributed by atoms with Gasteiger partial charge in [0, 0.05) is 19.0 Å². The first-order valence-electron chi connectivity index (χ1n) is 11.8. The van der Waals surface area contributed by atoms with Crippen LogP contribution in [0.1, 0.15) is 76.6 Å². The summed E-state index contributed by atoms with van der Waals surface area (Å²) in [6, 6.07) is 16.1. The summed E-state index contributed by atoms with van der Waals surface area (Å²) in [7, 11) is 0. The lowest BCUT2D eigenvalue weighted by molar-refractivity contribution is -0.140. The minimum atomic E-state index is -0.528. The van der Waals surface area contributed by atoms with Crippen LogP contribution in [0, 0.1) is 6.92 Å². The average Bonchev–Trinajstić information content (AvgIpc) is 2.76. The first-order chi connectivity index (χ1) is 15.0. The van der Waals surface area contributed by atoms with E-state index in [-0.39, 0.29) is 23.3 Å². The first-order valence-corrected chi connectivity index (χ1v) is 11.8. The van der Waals surface area contributed by atoms with Gasteiger partial charge in [-0.1, -0.05) is 76.2 Å². The number of carbonyl (C=O) groups is 2. The van der Waals surface area contributed by atoms with Crippen molar-refractivity contribution in [1.29, 1.82) is 0 Å². The van der Waals surface area contributed by atoms with Crippen molar-refractivity contribution in [2.24, 2.45) is 0 Å². The van der Waals surface area contributed by atoms with Gasteiger partial charge in [-0.2, -0.15) is 0 Å².